The van der Waals surface area contributed by atoms with E-state index in [0.717, 1.165) is 19.3 Å². The summed E-state index contributed by atoms with van der Waals surface area (Å²) >= 11 is 4.03. The fourth-order valence-electron chi connectivity index (χ4n) is 2.62. The molecule has 1 aliphatic rings. The lowest BCUT2D eigenvalue weighted by Gasteiger charge is -2.33. The Morgan fingerprint density at radius 3 is 2.68 bits per heavy atom. The van der Waals surface area contributed by atoms with Crippen LogP contribution in [0.4, 0.5) is 0 Å². The van der Waals surface area contributed by atoms with Crippen LogP contribution in [0.3, 0.4) is 0 Å². The van der Waals surface area contributed by atoms with Crippen molar-refractivity contribution in [3.63, 3.8) is 0 Å². The van der Waals surface area contributed by atoms with Gasteiger partial charge in [0, 0.05) is 22.0 Å². The lowest BCUT2D eigenvalue weighted by atomic mass is 10.0. The monoisotopic (exact) mass is 296 g/mol. The summed E-state index contributed by atoms with van der Waals surface area (Å²) in [5.74, 6) is 2.44. The van der Waals surface area contributed by atoms with Crippen LogP contribution in [-0.2, 0) is 6.42 Å². The molecule has 3 heteroatoms. The van der Waals surface area contributed by atoms with E-state index in [9.17, 15) is 5.11 Å². The van der Waals surface area contributed by atoms with Crippen molar-refractivity contribution in [3.05, 3.63) is 35.9 Å². The first kappa shape index (κ1) is 15.3. The van der Waals surface area contributed by atoms with E-state index in [1.807, 2.05) is 23.5 Å². The van der Waals surface area contributed by atoms with Crippen LogP contribution >= 0.6 is 23.5 Å². The molecule has 0 aliphatic carbocycles. The molecule has 1 heterocycles. The molecule has 0 bridgehead atoms. The highest BCUT2D eigenvalue weighted by Crippen LogP contribution is 2.36. The quantitative estimate of drug-likeness (QED) is 0.857. The highest BCUT2D eigenvalue weighted by atomic mass is 32.2. The van der Waals surface area contributed by atoms with Crippen LogP contribution in [0.1, 0.15) is 31.7 Å². The second-order valence-electron chi connectivity index (χ2n) is 5.10. The smallest absolute Gasteiger partial charge is 0.0669 e. The third-order valence-electron chi connectivity index (χ3n) is 3.68. The second-order valence-corrected chi connectivity index (χ2v) is 7.73. The van der Waals surface area contributed by atoms with Gasteiger partial charge in [0.15, 0.2) is 0 Å². The normalized spacial score (nSPS) is 25.2. The summed E-state index contributed by atoms with van der Waals surface area (Å²) in [5.41, 5.74) is 1.38. The summed E-state index contributed by atoms with van der Waals surface area (Å²) in [6, 6.07) is 10.6. The number of aryl methyl sites for hydroxylation is 1. The van der Waals surface area contributed by atoms with Gasteiger partial charge in [-0.05, 0) is 31.2 Å². The number of hydrogen-bond acceptors (Lipinski definition) is 3. The molecule has 0 saturated carbocycles. The molecule has 1 N–H and O–H groups in total. The fourth-order valence-corrected chi connectivity index (χ4v) is 5.81. The van der Waals surface area contributed by atoms with Crippen LogP contribution in [-0.4, -0.2) is 33.2 Å². The van der Waals surface area contributed by atoms with Gasteiger partial charge in [-0.15, -0.1) is 0 Å². The van der Waals surface area contributed by atoms with E-state index in [0.29, 0.717) is 10.5 Å². The predicted octanol–water partition coefficient (Wildman–Crippen LogP) is 4.00. The third-order valence-corrected chi connectivity index (χ3v) is 7.07. The van der Waals surface area contributed by atoms with E-state index < -0.39 is 0 Å². The van der Waals surface area contributed by atoms with Crippen molar-refractivity contribution in [3.8, 4) is 0 Å². The number of benzene rings is 1. The molecule has 1 fully saturated rings. The summed E-state index contributed by atoms with van der Waals surface area (Å²) in [4.78, 5) is 0. The molecule has 1 saturated heterocycles. The minimum absolute atomic E-state index is 0.133. The van der Waals surface area contributed by atoms with Gasteiger partial charge in [0.2, 0.25) is 0 Å². The third kappa shape index (κ3) is 4.73. The number of aliphatic hydroxyl groups is 1. The van der Waals surface area contributed by atoms with E-state index in [2.05, 4.69) is 37.3 Å². The van der Waals surface area contributed by atoms with Crippen LogP contribution in [0.25, 0.3) is 0 Å². The second kappa shape index (κ2) is 8.23. The van der Waals surface area contributed by atoms with Gasteiger partial charge in [-0.25, -0.2) is 0 Å². The van der Waals surface area contributed by atoms with Gasteiger partial charge in [-0.1, -0.05) is 37.3 Å². The Kier molecular flexibility index (Phi) is 6.62. The number of hydrogen-bond donors (Lipinski definition) is 1. The van der Waals surface area contributed by atoms with E-state index in [4.69, 9.17) is 0 Å². The van der Waals surface area contributed by atoms with Crippen molar-refractivity contribution in [2.75, 3.05) is 11.5 Å². The zero-order valence-corrected chi connectivity index (χ0v) is 13.3. The maximum Gasteiger partial charge on any atom is 0.0669 e. The van der Waals surface area contributed by atoms with Gasteiger partial charge >= 0.3 is 0 Å². The summed E-state index contributed by atoms with van der Waals surface area (Å²) < 4.78 is 0. The maximum absolute atomic E-state index is 10.4. The lowest BCUT2D eigenvalue weighted by molar-refractivity contribution is 0.156. The topological polar surface area (TPSA) is 20.2 Å². The molecule has 0 spiro atoms. The van der Waals surface area contributed by atoms with E-state index in [1.54, 1.807) is 0 Å². The molecule has 19 heavy (non-hydrogen) atoms. The highest BCUT2D eigenvalue weighted by Gasteiger charge is 2.30. The summed E-state index contributed by atoms with van der Waals surface area (Å²) in [6.45, 7) is 2.24. The van der Waals surface area contributed by atoms with Crippen molar-refractivity contribution in [2.24, 2.45) is 0 Å². The van der Waals surface area contributed by atoms with Gasteiger partial charge in [-0.3, -0.25) is 0 Å². The average Bonchev–Trinajstić information content (AvgIpc) is 2.48. The molecule has 1 aromatic rings. The molecule has 3 atom stereocenters. The number of thioether (sulfide) groups is 2. The van der Waals surface area contributed by atoms with Crippen molar-refractivity contribution < 1.29 is 5.11 Å². The minimum Gasteiger partial charge on any atom is -0.392 e. The Hall–Kier alpha value is -0.120. The van der Waals surface area contributed by atoms with Crippen LogP contribution in [0.2, 0.25) is 0 Å². The van der Waals surface area contributed by atoms with Crippen molar-refractivity contribution in [1.29, 1.82) is 0 Å². The first-order valence-corrected chi connectivity index (χ1v) is 9.36. The predicted molar refractivity (Wildman–Crippen MR) is 88.2 cm³/mol. The Balaban J connectivity index is 1.75. The molecule has 1 nitrogen and oxygen atoms in total. The fraction of sp³-hybridized carbons (Fsp3) is 0.625. The molecular weight excluding hydrogens is 272 g/mol. The van der Waals surface area contributed by atoms with Crippen LogP contribution in [0.15, 0.2) is 30.3 Å². The SMILES string of the molecule is CCC1SCCSC1C(O)CCCc1ccccc1. The average molecular weight is 297 g/mol. The molecular formula is C16H24OS2. The largest absolute Gasteiger partial charge is 0.392 e. The van der Waals surface area contributed by atoms with Gasteiger partial charge in [-0.2, -0.15) is 23.5 Å². The Morgan fingerprint density at radius 2 is 1.95 bits per heavy atom. The Morgan fingerprint density at radius 1 is 1.21 bits per heavy atom. The lowest BCUT2D eigenvalue weighted by Crippen LogP contribution is -2.36. The zero-order chi connectivity index (χ0) is 13.5. The molecule has 3 unspecified atom stereocenters. The zero-order valence-electron chi connectivity index (χ0n) is 11.6. The van der Waals surface area contributed by atoms with Crippen molar-refractivity contribution in [1.82, 2.24) is 0 Å². The minimum atomic E-state index is -0.133. The molecule has 1 aromatic carbocycles. The Bertz CT molecular complexity index is 355. The van der Waals surface area contributed by atoms with Gasteiger partial charge in [0.05, 0.1) is 6.10 Å². The first-order chi connectivity index (χ1) is 9.31. The molecule has 106 valence electrons. The summed E-state index contributed by atoms with van der Waals surface area (Å²) in [7, 11) is 0. The maximum atomic E-state index is 10.4. The van der Waals surface area contributed by atoms with Crippen LogP contribution in [0, 0.1) is 0 Å². The van der Waals surface area contributed by atoms with E-state index in [1.165, 1.54) is 23.5 Å². The van der Waals surface area contributed by atoms with Crippen LogP contribution in [0.5, 0.6) is 0 Å². The Labute approximate surface area is 125 Å². The van der Waals surface area contributed by atoms with Gasteiger partial charge in [0.1, 0.15) is 0 Å². The standard InChI is InChI=1S/C16H24OS2/c1-2-15-16(19-12-11-18-15)14(17)10-6-9-13-7-4-3-5-8-13/h3-5,7-8,14-17H,2,6,9-12H2,1H3. The molecule has 1 aliphatic heterocycles. The van der Waals surface area contributed by atoms with E-state index in [-0.39, 0.29) is 6.10 Å². The molecule has 2 rings (SSSR count). The van der Waals surface area contributed by atoms with Gasteiger partial charge < -0.3 is 5.11 Å². The van der Waals surface area contributed by atoms with Crippen molar-refractivity contribution >= 4 is 23.5 Å². The highest BCUT2D eigenvalue weighted by molar-refractivity contribution is 8.07. The molecule has 0 aromatic heterocycles. The summed E-state index contributed by atoms with van der Waals surface area (Å²) in [5, 5.41) is 11.5. The molecule has 0 radical (unpaired) electrons. The van der Waals surface area contributed by atoms with Crippen molar-refractivity contribution in [2.45, 2.75) is 49.2 Å². The summed E-state index contributed by atoms with van der Waals surface area (Å²) in [6.07, 6.45) is 4.15. The van der Waals surface area contributed by atoms with E-state index >= 15 is 0 Å². The van der Waals surface area contributed by atoms with Gasteiger partial charge in [0.25, 0.3) is 0 Å². The number of aliphatic hydroxyl groups excluding tert-OH is 1. The van der Waals surface area contributed by atoms with Crippen LogP contribution < -0.4 is 0 Å². The number of rotatable bonds is 6. The molecule has 0 amide bonds. The first-order valence-electron chi connectivity index (χ1n) is 7.26.